The number of aromatic nitrogens is 1. The van der Waals surface area contributed by atoms with Crippen LogP contribution in [0.5, 0.6) is 0 Å². The zero-order chi connectivity index (χ0) is 8.97. The van der Waals surface area contributed by atoms with Crippen LogP contribution in [-0.2, 0) is 0 Å². The van der Waals surface area contributed by atoms with E-state index in [-0.39, 0.29) is 0 Å². The molecule has 1 rings (SSSR count). The van der Waals surface area contributed by atoms with Gasteiger partial charge in [-0.15, -0.1) is 0 Å². The van der Waals surface area contributed by atoms with Crippen LogP contribution in [0.2, 0.25) is 0 Å². The van der Waals surface area contributed by atoms with E-state index in [1.165, 1.54) is 12.8 Å². The number of hydrogen-bond acceptors (Lipinski definition) is 2. The fraction of sp³-hybridized carbons (Fsp3) is 0.500. The lowest BCUT2D eigenvalue weighted by atomic mass is 10.0. The zero-order valence-corrected chi connectivity index (χ0v) is 7.75. The summed E-state index contributed by atoms with van der Waals surface area (Å²) in [5.41, 5.74) is 6.69. The Hall–Kier alpha value is -1.05. The first-order chi connectivity index (χ1) is 5.74. The summed E-state index contributed by atoms with van der Waals surface area (Å²) in [6, 6.07) is 5.82. The quantitative estimate of drug-likeness (QED) is 0.745. The second-order valence-electron chi connectivity index (χ2n) is 3.18. The zero-order valence-electron chi connectivity index (χ0n) is 7.75. The molecule has 0 aromatic carbocycles. The third kappa shape index (κ3) is 2.22. The molecule has 0 aliphatic heterocycles. The monoisotopic (exact) mass is 164 g/mol. The Morgan fingerprint density at radius 1 is 1.50 bits per heavy atom. The van der Waals surface area contributed by atoms with Crippen molar-refractivity contribution in [3.05, 3.63) is 23.9 Å². The molecule has 2 N–H and O–H groups in total. The average Bonchev–Trinajstić information content (AvgIpc) is 2.05. The molecule has 0 saturated carbocycles. The third-order valence-electron chi connectivity index (χ3n) is 2.02. The van der Waals surface area contributed by atoms with Crippen LogP contribution in [-0.4, -0.2) is 4.98 Å². The Bertz CT molecular complexity index is 245. The smallest absolute Gasteiger partial charge is 0.123 e. The lowest BCUT2D eigenvalue weighted by Crippen LogP contribution is -1.99. The Morgan fingerprint density at radius 3 is 2.83 bits per heavy atom. The van der Waals surface area contributed by atoms with Crippen LogP contribution in [0.15, 0.2) is 18.2 Å². The van der Waals surface area contributed by atoms with Gasteiger partial charge in [-0.05, 0) is 24.5 Å². The van der Waals surface area contributed by atoms with E-state index in [0.29, 0.717) is 11.7 Å². The van der Waals surface area contributed by atoms with Gasteiger partial charge in [0.15, 0.2) is 0 Å². The Morgan fingerprint density at radius 2 is 2.25 bits per heavy atom. The second kappa shape index (κ2) is 4.10. The van der Waals surface area contributed by atoms with E-state index < -0.39 is 0 Å². The van der Waals surface area contributed by atoms with Gasteiger partial charge >= 0.3 is 0 Å². The van der Waals surface area contributed by atoms with Gasteiger partial charge in [0, 0.05) is 5.69 Å². The van der Waals surface area contributed by atoms with Crippen molar-refractivity contribution in [1.82, 2.24) is 4.98 Å². The highest BCUT2D eigenvalue weighted by Crippen LogP contribution is 2.18. The molecule has 0 aliphatic rings. The molecule has 1 atom stereocenters. The van der Waals surface area contributed by atoms with Crippen LogP contribution in [0, 0.1) is 0 Å². The fourth-order valence-corrected chi connectivity index (χ4v) is 1.32. The van der Waals surface area contributed by atoms with Crippen LogP contribution in [0.3, 0.4) is 0 Å². The lowest BCUT2D eigenvalue weighted by Gasteiger charge is -2.08. The van der Waals surface area contributed by atoms with Gasteiger partial charge < -0.3 is 5.73 Å². The molecular weight excluding hydrogens is 148 g/mol. The Kier molecular flexibility index (Phi) is 3.09. The number of anilines is 1. The molecule has 0 amide bonds. The van der Waals surface area contributed by atoms with Crippen molar-refractivity contribution in [1.29, 1.82) is 0 Å². The van der Waals surface area contributed by atoms with Gasteiger partial charge in [0.05, 0.1) is 0 Å². The van der Waals surface area contributed by atoms with Gasteiger partial charge in [-0.25, -0.2) is 4.98 Å². The molecular formula is C10H16N2. The van der Waals surface area contributed by atoms with Crippen LogP contribution in [0.4, 0.5) is 5.82 Å². The second-order valence-corrected chi connectivity index (χ2v) is 3.18. The summed E-state index contributed by atoms with van der Waals surface area (Å²) >= 11 is 0. The normalized spacial score (nSPS) is 12.8. The van der Waals surface area contributed by atoms with Crippen molar-refractivity contribution in [3.63, 3.8) is 0 Å². The molecule has 0 aliphatic carbocycles. The molecule has 2 heteroatoms. The first-order valence-corrected chi connectivity index (χ1v) is 4.46. The summed E-state index contributed by atoms with van der Waals surface area (Å²) < 4.78 is 0. The van der Waals surface area contributed by atoms with Gasteiger partial charge in [-0.1, -0.05) is 26.3 Å². The summed E-state index contributed by atoms with van der Waals surface area (Å²) in [5.74, 6) is 1.15. The fourth-order valence-electron chi connectivity index (χ4n) is 1.32. The summed E-state index contributed by atoms with van der Waals surface area (Å²) in [4.78, 5) is 4.27. The minimum absolute atomic E-state index is 0.526. The molecule has 0 saturated heterocycles. The maximum absolute atomic E-state index is 5.58. The lowest BCUT2D eigenvalue weighted by molar-refractivity contribution is 0.648. The molecule has 0 bridgehead atoms. The number of rotatable bonds is 3. The maximum Gasteiger partial charge on any atom is 0.123 e. The molecule has 0 spiro atoms. The predicted molar refractivity (Wildman–Crippen MR) is 52.0 cm³/mol. The van der Waals surface area contributed by atoms with Gasteiger partial charge in [-0.2, -0.15) is 0 Å². The first kappa shape index (κ1) is 9.04. The minimum atomic E-state index is 0.526. The molecule has 12 heavy (non-hydrogen) atoms. The molecule has 1 heterocycles. The van der Waals surface area contributed by atoms with E-state index in [1.807, 2.05) is 18.2 Å². The number of nitrogens with zero attached hydrogens (tertiary/aromatic N) is 1. The van der Waals surface area contributed by atoms with Crippen molar-refractivity contribution < 1.29 is 0 Å². The van der Waals surface area contributed by atoms with Gasteiger partial charge in [0.1, 0.15) is 5.82 Å². The number of pyridine rings is 1. The van der Waals surface area contributed by atoms with Gasteiger partial charge in [0.25, 0.3) is 0 Å². The molecule has 2 nitrogen and oxygen atoms in total. The third-order valence-corrected chi connectivity index (χ3v) is 2.02. The summed E-state index contributed by atoms with van der Waals surface area (Å²) in [7, 11) is 0. The van der Waals surface area contributed by atoms with E-state index in [0.717, 1.165) is 5.69 Å². The van der Waals surface area contributed by atoms with Gasteiger partial charge in [0.2, 0.25) is 0 Å². The molecule has 1 aromatic rings. The molecule has 1 aromatic heterocycles. The maximum atomic E-state index is 5.58. The molecule has 0 radical (unpaired) electrons. The number of nitrogen functional groups attached to an aromatic ring is 1. The molecule has 0 fully saturated rings. The molecule has 1 unspecified atom stereocenters. The first-order valence-electron chi connectivity index (χ1n) is 4.46. The largest absolute Gasteiger partial charge is 0.384 e. The van der Waals surface area contributed by atoms with Crippen molar-refractivity contribution in [2.45, 2.75) is 32.6 Å². The average molecular weight is 164 g/mol. The van der Waals surface area contributed by atoms with Crippen molar-refractivity contribution in [2.24, 2.45) is 0 Å². The van der Waals surface area contributed by atoms with E-state index in [1.54, 1.807) is 0 Å². The van der Waals surface area contributed by atoms with Crippen molar-refractivity contribution >= 4 is 5.82 Å². The van der Waals surface area contributed by atoms with E-state index in [4.69, 9.17) is 5.73 Å². The Balaban J connectivity index is 2.73. The van der Waals surface area contributed by atoms with E-state index in [2.05, 4.69) is 18.8 Å². The summed E-state index contributed by atoms with van der Waals surface area (Å²) in [6.07, 6.45) is 2.37. The highest BCUT2D eigenvalue weighted by molar-refractivity contribution is 5.29. The molecule has 66 valence electrons. The summed E-state index contributed by atoms with van der Waals surface area (Å²) in [6.45, 7) is 4.37. The number of hydrogen-bond donors (Lipinski definition) is 1. The van der Waals surface area contributed by atoms with Crippen LogP contribution >= 0.6 is 0 Å². The summed E-state index contributed by atoms with van der Waals surface area (Å²) in [5, 5.41) is 0. The minimum Gasteiger partial charge on any atom is -0.384 e. The van der Waals surface area contributed by atoms with E-state index >= 15 is 0 Å². The SMILES string of the molecule is CCCC(C)c1cccc(N)n1. The topological polar surface area (TPSA) is 38.9 Å². The Labute approximate surface area is 73.8 Å². The van der Waals surface area contributed by atoms with Crippen molar-refractivity contribution in [3.8, 4) is 0 Å². The highest BCUT2D eigenvalue weighted by Gasteiger charge is 2.04. The van der Waals surface area contributed by atoms with Gasteiger partial charge in [-0.3, -0.25) is 0 Å². The number of nitrogens with two attached hydrogens (primary N) is 1. The van der Waals surface area contributed by atoms with E-state index in [9.17, 15) is 0 Å². The van der Waals surface area contributed by atoms with Crippen LogP contribution < -0.4 is 5.73 Å². The van der Waals surface area contributed by atoms with Crippen LogP contribution in [0.1, 0.15) is 38.3 Å². The standard InChI is InChI=1S/C10H16N2/c1-3-5-8(2)9-6-4-7-10(11)12-9/h4,6-8H,3,5H2,1-2H3,(H2,11,12). The van der Waals surface area contributed by atoms with Crippen LogP contribution in [0.25, 0.3) is 0 Å². The predicted octanol–water partition coefficient (Wildman–Crippen LogP) is 2.57. The van der Waals surface area contributed by atoms with Crippen molar-refractivity contribution in [2.75, 3.05) is 5.73 Å². The highest BCUT2D eigenvalue weighted by atomic mass is 14.8.